The van der Waals surface area contributed by atoms with Gasteiger partial charge in [0.05, 0.1) is 0 Å². The molecule has 0 spiro atoms. The lowest BCUT2D eigenvalue weighted by Crippen LogP contribution is -1.96. The summed E-state index contributed by atoms with van der Waals surface area (Å²) in [7, 11) is 0. The molecule has 18 heavy (non-hydrogen) atoms. The maximum Gasteiger partial charge on any atom is 0.263 e. The first-order chi connectivity index (χ1) is 8.63. The number of furan rings is 2. The molecular weight excluding hydrogens is 296 g/mol. The van der Waals surface area contributed by atoms with E-state index in [2.05, 4.69) is 15.9 Å². The predicted molar refractivity (Wildman–Crippen MR) is 70.8 cm³/mol. The maximum absolute atomic E-state index is 12.1. The topological polar surface area (TPSA) is 43.4 Å². The summed E-state index contributed by atoms with van der Waals surface area (Å²) in [4.78, 5) is 12.1. The number of rotatable bonds is 2. The van der Waals surface area contributed by atoms with Gasteiger partial charge in [0.1, 0.15) is 11.3 Å². The first-order valence-corrected chi connectivity index (χ1v) is 6.23. The quantitative estimate of drug-likeness (QED) is 0.662. The number of aryl methyl sites for hydroxylation is 1. The van der Waals surface area contributed by atoms with Crippen molar-refractivity contribution in [1.82, 2.24) is 0 Å². The highest BCUT2D eigenvalue weighted by Crippen LogP contribution is 2.25. The van der Waals surface area contributed by atoms with Crippen molar-refractivity contribution in [2.24, 2.45) is 0 Å². The van der Waals surface area contributed by atoms with Crippen LogP contribution in [0.5, 0.6) is 0 Å². The molecule has 0 unspecified atom stereocenters. The second kappa shape index (κ2) is 4.14. The average Bonchev–Trinajstić information content (AvgIpc) is 2.93. The summed E-state index contributed by atoms with van der Waals surface area (Å²) >= 11 is 3.38. The van der Waals surface area contributed by atoms with Crippen LogP contribution in [0.15, 0.2) is 49.7 Å². The highest BCUT2D eigenvalue weighted by atomic mass is 79.9. The molecule has 0 atom stereocenters. The Morgan fingerprint density at radius 1 is 1.06 bits per heavy atom. The molecule has 0 amide bonds. The van der Waals surface area contributed by atoms with E-state index in [-0.39, 0.29) is 11.5 Å². The number of hydrogen-bond donors (Lipinski definition) is 0. The van der Waals surface area contributed by atoms with E-state index < -0.39 is 0 Å². The molecule has 0 N–H and O–H groups in total. The second-order valence-electron chi connectivity index (χ2n) is 4.03. The van der Waals surface area contributed by atoms with E-state index in [1.807, 2.05) is 18.2 Å². The number of hydrogen-bond acceptors (Lipinski definition) is 3. The molecule has 3 aromatic rings. The number of halogens is 1. The average molecular weight is 305 g/mol. The van der Waals surface area contributed by atoms with Gasteiger partial charge in [0.2, 0.25) is 0 Å². The largest absolute Gasteiger partial charge is 0.458 e. The molecule has 0 aliphatic rings. The van der Waals surface area contributed by atoms with E-state index in [4.69, 9.17) is 8.83 Å². The third kappa shape index (κ3) is 1.88. The van der Waals surface area contributed by atoms with Crippen molar-refractivity contribution in [2.45, 2.75) is 6.92 Å². The van der Waals surface area contributed by atoms with Crippen LogP contribution in [0.25, 0.3) is 11.0 Å². The van der Waals surface area contributed by atoms with Crippen LogP contribution in [0, 0.1) is 6.92 Å². The van der Waals surface area contributed by atoms with Crippen molar-refractivity contribution < 1.29 is 13.6 Å². The molecule has 0 saturated heterocycles. The van der Waals surface area contributed by atoms with E-state index in [0.717, 1.165) is 9.86 Å². The Bertz CT molecular complexity index is 736. The number of ketones is 1. The van der Waals surface area contributed by atoms with Crippen molar-refractivity contribution in [3.05, 3.63) is 58.2 Å². The van der Waals surface area contributed by atoms with Crippen LogP contribution in [0.4, 0.5) is 0 Å². The predicted octanol–water partition coefficient (Wildman–Crippen LogP) is 4.33. The molecule has 0 fully saturated rings. The summed E-state index contributed by atoms with van der Waals surface area (Å²) < 4.78 is 11.8. The van der Waals surface area contributed by atoms with Crippen LogP contribution in [-0.4, -0.2) is 5.78 Å². The van der Waals surface area contributed by atoms with E-state index in [1.54, 1.807) is 25.1 Å². The molecule has 1 aromatic carbocycles. The van der Waals surface area contributed by atoms with Gasteiger partial charge in [0.25, 0.3) is 5.78 Å². The van der Waals surface area contributed by atoms with E-state index in [0.29, 0.717) is 17.1 Å². The molecule has 3 nitrogen and oxygen atoms in total. The fraction of sp³-hybridized carbons (Fsp3) is 0.0714. The lowest BCUT2D eigenvalue weighted by Gasteiger charge is -1.91. The van der Waals surface area contributed by atoms with Crippen LogP contribution >= 0.6 is 15.9 Å². The van der Waals surface area contributed by atoms with Gasteiger partial charge in [-0.3, -0.25) is 4.79 Å². The first-order valence-electron chi connectivity index (χ1n) is 5.44. The van der Waals surface area contributed by atoms with Crippen molar-refractivity contribution in [1.29, 1.82) is 0 Å². The van der Waals surface area contributed by atoms with Gasteiger partial charge in [0, 0.05) is 9.86 Å². The minimum Gasteiger partial charge on any atom is -0.458 e. The molecule has 0 aliphatic heterocycles. The number of fused-ring (bicyclic) bond motifs is 1. The van der Waals surface area contributed by atoms with Gasteiger partial charge < -0.3 is 8.83 Å². The Morgan fingerprint density at radius 2 is 1.89 bits per heavy atom. The van der Waals surface area contributed by atoms with Crippen LogP contribution < -0.4 is 0 Å². The van der Waals surface area contributed by atoms with Gasteiger partial charge in [-0.1, -0.05) is 15.9 Å². The summed E-state index contributed by atoms with van der Waals surface area (Å²) in [6, 6.07) is 10.7. The molecule has 90 valence electrons. The molecule has 3 rings (SSSR count). The number of carbonyl (C=O) groups is 1. The molecular formula is C14H9BrO3. The lowest BCUT2D eigenvalue weighted by molar-refractivity contribution is 0.0984. The highest BCUT2D eigenvalue weighted by Gasteiger charge is 2.17. The summed E-state index contributed by atoms with van der Waals surface area (Å²) in [5.74, 6) is 1.05. The first kappa shape index (κ1) is 11.3. The fourth-order valence-electron chi connectivity index (χ4n) is 1.80. The van der Waals surface area contributed by atoms with Crippen LogP contribution in [0.2, 0.25) is 0 Å². The van der Waals surface area contributed by atoms with Crippen molar-refractivity contribution in [2.75, 3.05) is 0 Å². The minimum atomic E-state index is -0.240. The molecule has 0 bridgehead atoms. The van der Waals surface area contributed by atoms with Crippen molar-refractivity contribution in [3.63, 3.8) is 0 Å². The van der Waals surface area contributed by atoms with Gasteiger partial charge in [-0.2, -0.15) is 0 Å². The Kier molecular flexibility index (Phi) is 2.59. The molecule has 0 saturated carbocycles. The standard InChI is InChI=1S/C14H9BrO3/c1-8-2-4-12(17-8)14(16)13-7-9-6-10(15)3-5-11(9)18-13/h2-7H,1H3. The molecule has 0 radical (unpaired) electrons. The molecule has 4 heteroatoms. The molecule has 2 aromatic heterocycles. The Morgan fingerprint density at radius 3 is 2.61 bits per heavy atom. The van der Waals surface area contributed by atoms with Gasteiger partial charge in [-0.25, -0.2) is 0 Å². The zero-order valence-corrected chi connectivity index (χ0v) is 11.2. The summed E-state index contributed by atoms with van der Waals surface area (Å²) in [5, 5.41) is 0.885. The monoisotopic (exact) mass is 304 g/mol. The summed E-state index contributed by atoms with van der Waals surface area (Å²) in [6.45, 7) is 1.80. The zero-order chi connectivity index (χ0) is 12.7. The smallest absolute Gasteiger partial charge is 0.263 e. The zero-order valence-electron chi connectivity index (χ0n) is 9.57. The third-order valence-electron chi connectivity index (χ3n) is 2.67. The van der Waals surface area contributed by atoms with Gasteiger partial charge in [-0.15, -0.1) is 0 Å². The van der Waals surface area contributed by atoms with E-state index in [1.165, 1.54) is 0 Å². The highest BCUT2D eigenvalue weighted by molar-refractivity contribution is 9.10. The number of carbonyl (C=O) groups excluding carboxylic acids is 1. The normalized spacial score (nSPS) is 11.0. The van der Waals surface area contributed by atoms with Crippen molar-refractivity contribution in [3.8, 4) is 0 Å². The SMILES string of the molecule is Cc1ccc(C(=O)c2cc3cc(Br)ccc3o2)o1. The lowest BCUT2D eigenvalue weighted by atomic mass is 10.2. The van der Waals surface area contributed by atoms with E-state index >= 15 is 0 Å². The Balaban J connectivity index is 2.06. The summed E-state index contributed by atoms with van der Waals surface area (Å²) in [6.07, 6.45) is 0. The van der Waals surface area contributed by atoms with Crippen LogP contribution in [0.3, 0.4) is 0 Å². The van der Waals surface area contributed by atoms with Crippen molar-refractivity contribution >= 4 is 32.7 Å². The summed E-state index contributed by atoms with van der Waals surface area (Å²) in [5.41, 5.74) is 0.685. The fourth-order valence-corrected chi connectivity index (χ4v) is 2.18. The maximum atomic E-state index is 12.1. The van der Waals surface area contributed by atoms with Gasteiger partial charge in [-0.05, 0) is 43.3 Å². The van der Waals surface area contributed by atoms with Crippen LogP contribution in [-0.2, 0) is 0 Å². The molecule has 0 aliphatic carbocycles. The minimum absolute atomic E-state index is 0.240. The number of benzene rings is 1. The Hall–Kier alpha value is -1.81. The second-order valence-corrected chi connectivity index (χ2v) is 4.95. The Labute approximate surface area is 112 Å². The van der Waals surface area contributed by atoms with Crippen LogP contribution in [0.1, 0.15) is 22.1 Å². The third-order valence-corrected chi connectivity index (χ3v) is 3.16. The van der Waals surface area contributed by atoms with E-state index in [9.17, 15) is 4.79 Å². The van der Waals surface area contributed by atoms with Gasteiger partial charge in [0.15, 0.2) is 11.5 Å². The molecule has 2 heterocycles. The van der Waals surface area contributed by atoms with Gasteiger partial charge >= 0.3 is 0 Å².